The van der Waals surface area contributed by atoms with E-state index in [0.717, 1.165) is 0 Å². The summed E-state index contributed by atoms with van der Waals surface area (Å²) in [4.78, 5) is 0. The molecule has 0 heterocycles. The van der Waals surface area contributed by atoms with Crippen LogP contribution in [0, 0.1) is 17.1 Å². The fraction of sp³-hybridized carbons (Fsp3) is 0.182. The number of hydrogen-bond donors (Lipinski definition) is 1. The van der Waals surface area contributed by atoms with E-state index in [1.54, 1.807) is 12.1 Å². The van der Waals surface area contributed by atoms with Crippen LogP contribution in [-0.4, -0.2) is 6.54 Å². The number of rotatable bonds is 4. The highest BCUT2D eigenvalue weighted by Gasteiger charge is 2.15. The number of benzene rings is 1. The number of nitrogens with zero attached hydrogens (tertiary/aromatic N) is 1. The monoisotopic (exact) mass is 224 g/mol. The van der Waals surface area contributed by atoms with Crippen molar-refractivity contribution >= 4 is 11.6 Å². The second kappa shape index (κ2) is 5.50. The van der Waals surface area contributed by atoms with Gasteiger partial charge in [0.1, 0.15) is 11.9 Å². The fourth-order valence-electron chi connectivity index (χ4n) is 1.17. The molecule has 1 aromatic carbocycles. The van der Waals surface area contributed by atoms with E-state index in [9.17, 15) is 4.39 Å². The molecule has 1 aromatic rings. The summed E-state index contributed by atoms with van der Waals surface area (Å²) in [5, 5.41) is 11.7. The third-order valence-corrected chi connectivity index (χ3v) is 2.18. The molecule has 0 bridgehead atoms. The lowest BCUT2D eigenvalue weighted by atomic mass is 10.1. The normalized spacial score (nSPS) is 11.8. The first-order valence-electron chi connectivity index (χ1n) is 4.38. The Kier molecular flexibility index (Phi) is 4.29. The van der Waals surface area contributed by atoms with E-state index >= 15 is 0 Å². The van der Waals surface area contributed by atoms with Crippen LogP contribution in [0.2, 0.25) is 5.02 Å². The van der Waals surface area contributed by atoms with E-state index in [2.05, 4.69) is 11.9 Å². The summed E-state index contributed by atoms with van der Waals surface area (Å²) in [7, 11) is 0. The van der Waals surface area contributed by atoms with Crippen LogP contribution in [0.25, 0.3) is 0 Å². The maximum absolute atomic E-state index is 13.5. The smallest absolute Gasteiger partial charge is 0.147 e. The summed E-state index contributed by atoms with van der Waals surface area (Å²) in [6.45, 7) is 3.94. The summed E-state index contributed by atoms with van der Waals surface area (Å²) in [5.41, 5.74) is 0.256. The molecule has 0 aliphatic rings. The second-order valence-corrected chi connectivity index (χ2v) is 3.31. The van der Waals surface area contributed by atoms with Gasteiger partial charge in [-0.1, -0.05) is 29.8 Å². The molecular formula is C11H10ClFN2. The second-order valence-electron chi connectivity index (χ2n) is 2.90. The van der Waals surface area contributed by atoms with Crippen molar-refractivity contribution in [1.82, 2.24) is 5.32 Å². The van der Waals surface area contributed by atoms with Crippen LogP contribution in [0.4, 0.5) is 4.39 Å². The molecule has 0 aliphatic heterocycles. The molecule has 1 unspecified atom stereocenters. The quantitative estimate of drug-likeness (QED) is 0.799. The average Bonchev–Trinajstić information content (AvgIpc) is 2.25. The molecule has 0 fully saturated rings. The van der Waals surface area contributed by atoms with Crippen molar-refractivity contribution in [2.45, 2.75) is 6.04 Å². The molecule has 78 valence electrons. The van der Waals surface area contributed by atoms with Crippen LogP contribution in [0.3, 0.4) is 0 Å². The van der Waals surface area contributed by atoms with Gasteiger partial charge in [0.25, 0.3) is 0 Å². The minimum absolute atomic E-state index is 0.0214. The largest absolute Gasteiger partial charge is 0.295 e. The van der Waals surface area contributed by atoms with Gasteiger partial charge >= 0.3 is 0 Å². The Morgan fingerprint density at radius 2 is 2.40 bits per heavy atom. The molecule has 0 spiro atoms. The third-order valence-electron chi connectivity index (χ3n) is 1.89. The van der Waals surface area contributed by atoms with Crippen molar-refractivity contribution in [2.75, 3.05) is 6.54 Å². The van der Waals surface area contributed by atoms with Gasteiger partial charge in [0.15, 0.2) is 0 Å². The summed E-state index contributed by atoms with van der Waals surface area (Å²) < 4.78 is 13.5. The van der Waals surface area contributed by atoms with E-state index in [0.29, 0.717) is 6.54 Å². The number of nitrogens with one attached hydrogen (secondary N) is 1. The van der Waals surface area contributed by atoms with Crippen LogP contribution in [0.1, 0.15) is 11.6 Å². The van der Waals surface area contributed by atoms with Crippen molar-refractivity contribution in [3.8, 4) is 6.07 Å². The molecule has 15 heavy (non-hydrogen) atoms. The molecule has 2 nitrogen and oxygen atoms in total. The summed E-state index contributed by atoms with van der Waals surface area (Å²) in [5.74, 6) is -0.553. The first-order chi connectivity index (χ1) is 7.20. The van der Waals surface area contributed by atoms with Gasteiger partial charge in [-0.3, -0.25) is 5.32 Å². The van der Waals surface area contributed by atoms with Crippen molar-refractivity contribution < 1.29 is 4.39 Å². The topological polar surface area (TPSA) is 35.8 Å². The highest BCUT2D eigenvalue weighted by molar-refractivity contribution is 6.30. The molecule has 0 saturated carbocycles. The Bertz CT molecular complexity index is 398. The zero-order chi connectivity index (χ0) is 11.3. The van der Waals surface area contributed by atoms with Gasteiger partial charge in [-0.05, 0) is 6.07 Å². The minimum atomic E-state index is -0.707. The summed E-state index contributed by atoms with van der Waals surface area (Å²) in [6, 6.07) is 5.85. The minimum Gasteiger partial charge on any atom is -0.295 e. The van der Waals surface area contributed by atoms with E-state index in [1.807, 2.05) is 6.07 Å². The van der Waals surface area contributed by atoms with E-state index in [-0.39, 0.29) is 10.6 Å². The van der Waals surface area contributed by atoms with Crippen LogP contribution < -0.4 is 5.32 Å². The van der Waals surface area contributed by atoms with Gasteiger partial charge in [-0.25, -0.2) is 4.39 Å². The number of hydrogen-bond acceptors (Lipinski definition) is 2. The third kappa shape index (κ3) is 2.79. The van der Waals surface area contributed by atoms with Crippen LogP contribution in [0.5, 0.6) is 0 Å². The van der Waals surface area contributed by atoms with Gasteiger partial charge in [0.2, 0.25) is 0 Å². The van der Waals surface area contributed by atoms with Crippen LogP contribution >= 0.6 is 11.6 Å². The predicted molar refractivity (Wildman–Crippen MR) is 58.0 cm³/mol. The molecule has 0 aromatic heterocycles. The maximum atomic E-state index is 13.5. The molecule has 1 N–H and O–H groups in total. The Balaban J connectivity index is 2.97. The van der Waals surface area contributed by atoms with Crippen LogP contribution in [-0.2, 0) is 0 Å². The van der Waals surface area contributed by atoms with Crippen molar-refractivity contribution in [3.63, 3.8) is 0 Å². The van der Waals surface area contributed by atoms with Crippen molar-refractivity contribution in [2.24, 2.45) is 0 Å². The lowest BCUT2D eigenvalue weighted by Crippen LogP contribution is -2.20. The highest BCUT2D eigenvalue weighted by Crippen LogP contribution is 2.22. The summed E-state index contributed by atoms with van der Waals surface area (Å²) >= 11 is 5.62. The van der Waals surface area contributed by atoms with Gasteiger partial charge < -0.3 is 0 Å². The van der Waals surface area contributed by atoms with Gasteiger partial charge in [0.05, 0.1) is 11.1 Å². The molecule has 0 radical (unpaired) electrons. The van der Waals surface area contributed by atoms with E-state index < -0.39 is 11.9 Å². The Morgan fingerprint density at radius 1 is 1.67 bits per heavy atom. The van der Waals surface area contributed by atoms with E-state index in [4.69, 9.17) is 16.9 Å². The number of nitriles is 1. The van der Waals surface area contributed by atoms with Gasteiger partial charge in [-0.15, -0.1) is 6.58 Å². The molecule has 1 rings (SSSR count). The first kappa shape index (κ1) is 11.7. The van der Waals surface area contributed by atoms with E-state index in [1.165, 1.54) is 12.1 Å². The number of halogens is 2. The van der Waals surface area contributed by atoms with Crippen LogP contribution in [0.15, 0.2) is 30.9 Å². The van der Waals surface area contributed by atoms with Gasteiger partial charge in [0, 0.05) is 12.1 Å². The molecule has 4 heteroatoms. The zero-order valence-electron chi connectivity index (χ0n) is 8.00. The zero-order valence-corrected chi connectivity index (χ0v) is 8.76. The van der Waals surface area contributed by atoms with Crippen molar-refractivity contribution in [1.29, 1.82) is 5.26 Å². The Hall–Kier alpha value is -1.37. The Morgan fingerprint density at radius 3 is 3.00 bits per heavy atom. The molecule has 0 amide bonds. The highest BCUT2D eigenvalue weighted by atomic mass is 35.5. The Labute approximate surface area is 93.0 Å². The molecule has 0 saturated heterocycles. The predicted octanol–water partition coefficient (Wildman–Crippen LogP) is 2.82. The molecule has 0 aliphatic carbocycles. The molecular weight excluding hydrogens is 215 g/mol. The average molecular weight is 225 g/mol. The first-order valence-corrected chi connectivity index (χ1v) is 4.76. The lowest BCUT2D eigenvalue weighted by molar-refractivity contribution is 0.578. The van der Waals surface area contributed by atoms with Crippen molar-refractivity contribution in [3.05, 3.63) is 47.3 Å². The SMILES string of the molecule is C=CCNC(C#N)c1cccc(Cl)c1F. The summed E-state index contributed by atoms with van der Waals surface area (Å²) in [6.07, 6.45) is 1.60. The molecule has 1 atom stereocenters. The standard InChI is InChI=1S/C11H10ClFN2/c1-2-6-15-10(7-14)8-4-3-5-9(12)11(8)13/h2-5,10,15H,1,6H2. The lowest BCUT2D eigenvalue weighted by Gasteiger charge is -2.11. The maximum Gasteiger partial charge on any atom is 0.147 e. The fourth-order valence-corrected chi connectivity index (χ4v) is 1.35. The van der Waals surface area contributed by atoms with Gasteiger partial charge in [-0.2, -0.15) is 5.26 Å².